The van der Waals surface area contributed by atoms with Crippen LogP contribution in [0.4, 0.5) is 11.5 Å². The minimum absolute atomic E-state index is 0.248. The third-order valence-electron chi connectivity index (χ3n) is 2.98. The van der Waals surface area contributed by atoms with Gasteiger partial charge in [0.25, 0.3) is 0 Å². The van der Waals surface area contributed by atoms with Gasteiger partial charge in [-0.2, -0.15) is 0 Å². The highest BCUT2D eigenvalue weighted by Crippen LogP contribution is 2.30. The summed E-state index contributed by atoms with van der Waals surface area (Å²) in [4.78, 5) is 7.85. The van der Waals surface area contributed by atoms with Crippen molar-refractivity contribution in [3.05, 3.63) is 11.5 Å². The van der Waals surface area contributed by atoms with Gasteiger partial charge in [0.1, 0.15) is 12.0 Å². The number of hydrogen-bond acceptors (Lipinski definition) is 5. The van der Waals surface area contributed by atoms with Crippen LogP contribution in [0.25, 0.3) is 0 Å². The SMILES string of the molecule is Nc1c(Cl)ncnc1NC1CCC(CO)C1. The lowest BCUT2D eigenvalue weighted by Crippen LogP contribution is -2.18. The molecule has 5 nitrogen and oxygen atoms in total. The maximum absolute atomic E-state index is 9.05. The molecule has 0 radical (unpaired) electrons. The summed E-state index contributed by atoms with van der Waals surface area (Å²) in [5.41, 5.74) is 6.14. The number of nitrogen functional groups attached to an aromatic ring is 1. The smallest absolute Gasteiger partial charge is 0.157 e. The first kappa shape index (κ1) is 11.4. The molecule has 1 aromatic rings. The van der Waals surface area contributed by atoms with Gasteiger partial charge in [0.05, 0.1) is 0 Å². The third-order valence-corrected chi connectivity index (χ3v) is 3.28. The molecule has 88 valence electrons. The number of nitrogens with one attached hydrogen (secondary N) is 1. The number of aromatic nitrogens is 2. The fourth-order valence-corrected chi connectivity index (χ4v) is 2.19. The van der Waals surface area contributed by atoms with Crippen molar-refractivity contribution in [2.24, 2.45) is 5.92 Å². The van der Waals surface area contributed by atoms with Crippen LogP contribution in [0.5, 0.6) is 0 Å². The molecule has 1 aromatic heterocycles. The van der Waals surface area contributed by atoms with E-state index in [-0.39, 0.29) is 11.8 Å². The van der Waals surface area contributed by atoms with Gasteiger partial charge in [-0.3, -0.25) is 0 Å². The van der Waals surface area contributed by atoms with Crippen LogP contribution in [-0.2, 0) is 0 Å². The van der Waals surface area contributed by atoms with E-state index < -0.39 is 0 Å². The average molecular weight is 243 g/mol. The number of rotatable bonds is 3. The van der Waals surface area contributed by atoms with Crippen LogP contribution >= 0.6 is 11.6 Å². The van der Waals surface area contributed by atoms with Crippen molar-refractivity contribution >= 4 is 23.1 Å². The zero-order valence-corrected chi connectivity index (χ0v) is 9.61. The fraction of sp³-hybridized carbons (Fsp3) is 0.600. The normalized spacial score (nSPS) is 24.6. The second-order valence-corrected chi connectivity index (χ2v) is 4.49. The van der Waals surface area contributed by atoms with Crippen LogP contribution in [-0.4, -0.2) is 27.7 Å². The lowest BCUT2D eigenvalue weighted by Gasteiger charge is -2.14. The zero-order chi connectivity index (χ0) is 11.5. The van der Waals surface area contributed by atoms with E-state index in [1.165, 1.54) is 6.33 Å². The molecular weight excluding hydrogens is 228 g/mol. The molecular formula is C10H15ClN4O. The van der Waals surface area contributed by atoms with E-state index in [4.69, 9.17) is 22.4 Å². The Labute approximate surface area is 99.0 Å². The van der Waals surface area contributed by atoms with E-state index in [0.29, 0.717) is 23.5 Å². The molecule has 2 unspecified atom stereocenters. The van der Waals surface area contributed by atoms with Crippen LogP contribution in [0.1, 0.15) is 19.3 Å². The van der Waals surface area contributed by atoms with Gasteiger partial charge in [-0.15, -0.1) is 0 Å². The largest absolute Gasteiger partial charge is 0.396 e. The highest BCUT2D eigenvalue weighted by molar-refractivity contribution is 6.32. The molecule has 2 atom stereocenters. The molecule has 1 saturated carbocycles. The van der Waals surface area contributed by atoms with Crippen LogP contribution < -0.4 is 11.1 Å². The summed E-state index contributed by atoms with van der Waals surface area (Å²) < 4.78 is 0. The zero-order valence-electron chi connectivity index (χ0n) is 8.86. The summed E-state index contributed by atoms with van der Waals surface area (Å²) in [6, 6.07) is 0.311. The monoisotopic (exact) mass is 242 g/mol. The van der Waals surface area contributed by atoms with Gasteiger partial charge in [-0.1, -0.05) is 11.6 Å². The number of nitrogens with zero attached hydrogens (tertiary/aromatic N) is 2. The average Bonchev–Trinajstić information content (AvgIpc) is 2.73. The molecule has 0 aromatic carbocycles. The van der Waals surface area contributed by atoms with Gasteiger partial charge in [-0.25, -0.2) is 9.97 Å². The predicted molar refractivity (Wildman–Crippen MR) is 63.3 cm³/mol. The molecule has 6 heteroatoms. The summed E-state index contributed by atoms with van der Waals surface area (Å²) in [7, 11) is 0. The molecule has 0 spiro atoms. The molecule has 16 heavy (non-hydrogen) atoms. The van der Waals surface area contributed by atoms with Crippen LogP contribution in [0.3, 0.4) is 0 Å². The maximum Gasteiger partial charge on any atom is 0.157 e. The van der Waals surface area contributed by atoms with Crippen molar-refractivity contribution in [1.82, 2.24) is 9.97 Å². The lowest BCUT2D eigenvalue weighted by molar-refractivity contribution is 0.229. The Kier molecular flexibility index (Phi) is 3.46. The Hall–Kier alpha value is -1.07. The molecule has 4 N–H and O–H groups in total. The maximum atomic E-state index is 9.05. The van der Waals surface area contributed by atoms with Crippen molar-refractivity contribution in [3.8, 4) is 0 Å². The quantitative estimate of drug-likeness (QED) is 0.696. The predicted octanol–water partition coefficient (Wildman–Crippen LogP) is 1.29. The standard InChI is InChI=1S/C10H15ClN4O/c11-9-8(12)10(14-5-13-9)15-7-2-1-6(3-7)4-16/h5-7,16H,1-4,12H2,(H,13,14,15). The van der Waals surface area contributed by atoms with Gasteiger partial charge in [-0.05, 0) is 25.2 Å². The Morgan fingerprint density at radius 1 is 1.50 bits per heavy atom. The number of halogens is 1. The van der Waals surface area contributed by atoms with Crippen LogP contribution in [0.2, 0.25) is 5.15 Å². The van der Waals surface area contributed by atoms with E-state index in [2.05, 4.69) is 15.3 Å². The van der Waals surface area contributed by atoms with Crippen molar-refractivity contribution in [3.63, 3.8) is 0 Å². The second-order valence-electron chi connectivity index (χ2n) is 4.13. The Balaban J connectivity index is 2.02. The molecule has 1 aliphatic carbocycles. The summed E-state index contributed by atoms with van der Waals surface area (Å²) >= 11 is 5.80. The summed E-state index contributed by atoms with van der Waals surface area (Å²) in [6.07, 6.45) is 4.39. The Morgan fingerprint density at radius 2 is 2.31 bits per heavy atom. The second kappa shape index (κ2) is 4.84. The molecule has 1 fully saturated rings. The molecule has 0 bridgehead atoms. The highest BCUT2D eigenvalue weighted by atomic mass is 35.5. The number of nitrogens with two attached hydrogens (primary N) is 1. The fourth-order valence-electron chi connectivity index (χ4n) is 2.05. The van der Waals surface area contributed by atoms with Crippen molar-refractivity contribution in [2.45, 2.75) is 25.3 Å². The van der Waals surface area contributed by atoms with Gasteiger partial charge in [0.15, 0.2) is 11.0 Å². The summed E-state index contributed by atoms with van der Waals surface area (Å²) in [5, 5.41) is 12.6. The van der Waals surface area contributed by atoms with E-state index in [1.807, 2.05) is 0 Å². The molecule has 0 aliphatic heterocycles. The summed E-state index contributed by atoms with van der Waals surface area (Å²) in [6.45, 7) is 0.248. The van der Waals surface area contributed by atoms with E-state index in [0.717, 1.165) is 19.3 Å². The number of aliphatic hydroxyl groups is 1. The minimum Gasteiger partial charge on any atom is -0.396 e. The van der Waals surface area contributed by atoms with Gasteiger partial charge < -0.3 is 16.2 Å². The van der Waals surface area contributed by atoms with E-state index in [9.17, 15) is 0 Å². The number of hydrogen-bond donors (Lipinski definition) is 3. The topological polar surface area (TPSA) is 84.1 Å². The van der Waals surface area contributed by atoms with Crippen molar-refractivity contribution in [2.75, 3.05) is 17.7 Å². The van der Waals surface area contributed by atoms with E-state index >= 15 is 0 Å². The lowest BCUT2D eigenvalue weighted by atomic mass is 10.1. The van der Waals surface area contributed by atoms with Crippen molar-refractivity contribution in [1.29, 1.82) is 0 Å². The highest BCUT2D eigenvalue weighted by Gasteiger charge is 2.24. The Bertz CT molecular complexity index is 374. The Morgan fingerprint density at radius 3 is 3.00 bits per heavy atom. The third kappa shape index (κ3) is 2.36. The van der Waals surface area contributed by atoms with Gasteiger partial charge in [0, 0.05) is 12.6 Å². The molecule has 2 rings (SSSR count). The number of anilines is 2. The van der Waals surface area contributed by atoms with Gasteiger partial charge >= 0.3 is 0 Å². The first-order valence-electron chi connectivity index (χ1n) is 5.34. The van der Waals surface area contributed by atoms with Gasteiger partial charge in [0.2, 0.25) is 0 Å². The van der Waals surface area contributed by atoms with E-state index in [1.54, 1.807) is 0 Å². The minimum atomic E-state index is 0.248. The first-order valence-corrected chi connectivity index (χ1v) is 5.72. The van der Waals surface area contributed by atoms with Crippen LogP contribution in [0, 0.1) is 5.92 Å². The molecule has 1 heterocycles. The molecule has 1 aliphatic rings. The number of aliphatic hydroxyl groups excluding tert-OH is 1. The van der Waals surface area contributed by atoms with Crippen molar-refractivity contribution < 1.29 is 5.11 Å². The molecule has 0 saturated heterocycles. The first-order chi connectivity index (χ1) is 7.70. The van der Waals surface area contributed by atoms with Crippen LogP contribution in [0.15, 0.2) is 6.33 Å². The molecule has 0 amide bonds. The summed E-state index contributed by atoms with van der Waals surface area (Å²) in [5.74, 6) is 0.972.